The first kappa shape index (κ1) is 16.0. The minimum Gasteiger partial charge on any atom is -0.480 e. The molecule has 21 heavy (non-hydrogen) atoms. The molecule has 0 spiro atoms. The number of hydrogen-bond donors (Lipinski definition) is 2. The summed E-state index contributed by atoms with van der Waals surface area (Å²) in [5.41, 5.74) is 0.679. The molecule has 7 heteroatoms. The van der Waals surface area contributed by atoms with Gasteiger partial charge in [-0.25, -0.2) is 4.79 Å². The molecule has 1 aromatic carbocycles. The van der Waals surface area contributed by atoms with E-state index in [-0.39, 0.29) is 17.2 Å². The van der Waals surface area contributed by atoms with E-state index < -0.39 is 18.5 Å². The van der Waals surface area contributed by atoms with Gasteiger partial charge in [0, 0.05) is 11.7 Å². The second kappa shape index (κ2) is 6.92. The van der Waals surface area contributed by atoms with E-state index in [1.165, 1.54) is 18.2 Å². The fraction of sp³-hybridized carbons (Fsp3) is 0.286. The number of hydrogen-bond acceptors (Lipinski definition) is 4. The number of amides is 2. The Hall–Kier alpha value is -3.06. The molecule has 1 rings (SSSR count). The van der Waals surface area contributed by atoms with Gasteiger partial charge in [0.2, 0.25) is 0 Å². The Labute approximate surface area is 122 Å². The van der Waals surface area contributed by atoms with Crippen LogP contribution < -0.4 is 5.32 Å². The molecule has 0 aliphatic carbocycles. The van der Waals surface area contributed by atoms with Gasteiger partial charge >= 0.3 is 12.0 Å². The molecule has 0 saturated heterocycles. The Kier molecular flexibility index (Phi) is 5.27. The maximum atomic E-state index is 12.0. The molecule has 0 bridgehead atoms. The van der Waals surface area contributed by atoms with Crippen LogP contribution >= 0.6 is 0 Å². The van der Waals surface area contributed by atoms with Crippen molar-refractivity contribution in [2.75, 3.05) is 11.9 Å². The van der Waals surface area contributed by atoms with Crippen LogP contribution in [0.2, 0.25) is 0 Å². The molecule has 108 valence electrons. The zero-order valence-corrected chi connectivity index (χ0v) is 11.6. The second-order valence-corrected chi connectivity index (χ2v) is 4.53. The molecular formula is C14H14N4O3. The first-order valence-electron chi connectivity index (χ1n) is 6.12. The van der Waals surface area contributed by atoms with E-state index in [9.17, 15) is 9.59 Å². The van der Waals surface area contributed by atoms with Crippen molar-refractivity contribution in [1.29, 1.82) is 10.5 Å². The highest BCUT2D eigenvalue weighted by Gasteiger charge is 2.20. The van der Waals surface area contributed by atoms with Gasteiger partial charge in [0.15, 0.2) is 0 Å². The summed E-state index contributed by atoms with van der Waals surface area (Å²) in [5, 5.41) is 29.1. The number of aliphatic carboxylic acids is 1. The van der Waals surface area contributed by atoms with Crippen LogP contribution in [0.25, 0.3) is 0 Å². The van der Waals surface area contributed by atoms with Crippen molar-refractivity contribution in [2.24, 2.45) is 0 Å². The van der Waals surface area contributed by atoms with Gasteiger partial charge in [0.05, 0.1) is 11.1 Å². The molecule has 0 unspecified atom stereocenters. The predicted molar refractivity (Wildman–Crippen MR) is 74.4 cm³/mol. The van der Waals surface area contributed by atoms with Gasteiger partial charge in [-0.1, -0.05) is 0 Å². The highest BCUT2D eigenvalue weighted by atomic mass is 16.4. The van der Waals surface area contributed by atoms with Crippen LogP contribution in [0.3, 0.4) is 0 Å². The van der Waals surface area contributed by atoms with Crippen LogP contribution in [0.15, 0.2) is 18.2 Å². The minimum absolute atomic E-state index is 0.143. The number of urea groups is 1. The fourth-order valence-electron chi connectivity index (χ4n) is 1.64. The summed E-state index contributed by atoms with van der Waals surface area (Å²) >= 11 is 0. The van der Waals surface area contributed by atoms with Crippen LogP contribution in [0.5, 0.6) is 0 Å². The standard InChI is InChI=1S/C14H14N4O3/c1-9(2)18(8-13(19)20)14(21)17-12-4-3-10(6-15)11(5-12)7-16/h3-5,9H,8H2,1-2H3,(H,17,21)(H,19,20). The van der Waals surface area contributed by atoms with Crippen LogP contribution in [0.4, 0.5) is 10.5 Å². The van der Waals surface area contributed by atoms with E-state index in [0.717, 1.165) is 4.90 Å². The molecule has 1 aromatic rings. The average molecular weight is 286 g/mol. The normalized spacial score (nSPS) is 9.57. The Balaban J connectivity index is 2.95. The SMILES string of the molecule is CC(C)N(CC(=O)O)C(=O)Nc1ccc(C#N)c(C#N)c1. The van der Waals surface area contributed by atoms with Crippen molar-refractivity contribution >= 4 is 17.7 Å². The Morgan fingerprint density at radius 1 is 1.29 bits per heavy atom. The number of carbonyl (C=O) groups is 2. The quantitative estimate of drug-likeness (QED) is 0.874. The van der Waals surface area contributed by atoms with Crippen molar-refractivity contribution in [1.82, 2.24) is 4.90 Å². The summed E-state index contributed by atoms with van der Waals surface area (Å²) in [6.07, 6.45) is 0. The molecule has 0 atom stereocenters. The number of nitrogens with one attached hydrogen (secondary N) is 1. The summed E-state index contributed by atoms with van der Waals surface area (Å²) in [7, 11) is 0. The lowest BCUT2D eigenvalue weighted by Crippen LogP contribution is -2.43. The molecule has 0 fully saturated rings. The van der Waals surface area contributed by atoms with Crippen LogP contribution in [-0.2, 0) is 4.79 Å². The van der Waals surface area contributed by atoms with E-state index in [4.69, 9.17) is 15.6 Å². The number of carbonyl (C=O) groups excluding carboxylic acids is 1. The molecular weight excluding hydrogens is 272 g/mol. The first-order chi connectivity index (χ1) is 9.88. The van der Waals surface area contributed by atoms with E-state index in [2.05, 4.69) is 5.32 Å². The second-order valence-electron chi connectivity index (χ2n) is 4.53. The van der Waals surface area contributed by atoms with Gasteiger partial charge in [-0.3, -0.25) is 4.79 Å². The Bertz CT molecular complexity index is 641. The monoisotopic (exact) mass is 286 g/mol. The lowest BCUT2D eigenvalue weighted by Gasteiger charge is -2.25. The van der Waals surface area contributed by atoms with Gasteiger partial charge in [0.1, 0.15) is 18.7 Å². The van der Waals surface area contributed by atoms with E-state index in [0.29, 0.717) is 5.69 Å². The number of carboxylic acid groups (broad SMARTS) is 1. The van der Waals surface area contributed by atoms with Crippen LogP contribution in [-0.4, -0.2) is 34.6 Å². The predicted octanol–water partition coefficient (Wildman–Crippen LogP) is 1.76. The van der Waals surface area contributed by atoms with Gasteiger partial charge in [-0.05, 0) is 32.0 Å². The number of nitrogens with zero attached hydrogens (tertiary/aromatic N) is 3. The summed E-state index contributed by atoms with van der Waals surface area (Å²) < 4.78 is 0. The topological polar surface area (TPSA) is 117 Å². The summed E-state index contributed by atoms with van der Waals surface area (Å²) in [6.45, 7) is 2.97. The molecule has 0 radical (unpaired) electrons. The van der Waals surface area contributed by atoms with E-state index >= 15 is 0 Å². The maximum absolute atomic E-state index is 12.0. The van der Waals surface area contributed by atoms with Gasteiger partial charge in [-0.2, -0.15) is 10.5 Å². The molecule has 0 saturated carbocycles. The van der Waals surface area contributed by atoms with Crippen molar-refractivity contribution in [3.63, 3.8) is 0 Å². The molecule has 7 nitrogen and oxygen atoms in total. The van der Waals surface area contributed by atoms with Crippen LogP contribution in [0.1, 0.15) is 25.0 Å². The van der Waals surface area contributed by atoms with Gasteiger partial charge in [-0.15, -0.1) is 0 Å². The number of carboxylic acids is 1. The fourth-order valence-corrected chi connectivity index (χ4v) is 1.64. The number of benzene rings is 1. The lowest BCUT2D eigenvalue weighted by atomic mass is 10.1. The molecule has 2 amide bonds. The zero-order valence-electron chi connectivity index (χ0n) is 11.6. The van der Waals surface area contributed by atoms with Gasteiger partial charge < -0.3 is 15.3 Å². The minimum atomic E-state index is -1.11. The van der Waals surface area contributed by atoms with E-state index in [1.54, 1.807) is 13.8 Å². The van der Waals surface area contributed by atoms with Crippen molar-refractivity contribution < 1.29 is 14.7 Å². The summed E-state index contributed by atoms with van der Waals surface area (Å²) in [6, 6.07) is 7.13. The third kappa shape index (κ3) is 4.22. The number of rotatable bonds is 4. The molecule has 0 aliphatic rings. The Morgan fingerprint density at radius 3 is 2.38 bits per heavy atom. The Morgan fingerprint density at radius 2 is 1.90 bits per heavy atom. The van der Waals surface area contributed by atoms with Crippen LogP contribution in [0, 0.1) is 22.7 Å². The van der Waals surface area contributed by atoms with E-state index in [1.807, 2.05) is 12.1 Å². The number of nitriles is 2. The summed E-state index contributed by atoms with van der Waals surface area (Å²) in [5.74, 6) is -1.11. The third-order valence-electron chi connectivity index (χ3n) is 2.70. The third-order valence-corrected chi connectivity index (χ3v) is 2.70. The largest absolute Gasteiger partial charge is 0.480 e. The highest BCUT2D eigenvalue weighted by Crippen LogP contribution is 2.15. The lowest BCUT2D eigenvalue weighted by molar-refractivity contribution is -0.137. The first-order valence-corrected chi connectivity index (χ1v) is 6.12. The average Bonchev–Trinajstić information content (AvgIpc) is 2.43. The maximum Gasteiger partial charge on any atom is 0.323 e. The zero-order chi connectivity index (χ0) is 16.0. The number of anilines is 1. The summed E-state index contributed by atoms with van der Waals surface area (Å²) in [4.78, 5) is 23.9. The molecule has 0 aliphatic heterocycles. The molecule has 0 heterocycles. The highest BCUT2D eigenvalue weighted by molar-refractivity contribution is 5.91. The van der Waals surface area contributed by atoms with Gasteiger partial charge in [0.25, 0.3) is 0 Å². The van der Waals surface area contributed by atoms with Crippen molar-refractivity contribution in [3.8, 4) is 12.1 Å². The van der Waals surface area contributed by atoms with Crippen molar-refractivity contribution in [3.05, 3.63) is 29.3 Å². The molecule has 0 aromatic heterocycles. The molecule has 2 N–H and O–H groups in total. The smallest absolute Gasteiger partial charge is 0.323 e. The van der Waals surface area contributed by atoms with Crippen molar-refractivity contribution in [2.45, 2.75) is 19.9 Å².